The van der Waals surface area contributed by atoms with Crippen molar-refractivity contribution >= 4 is 52.6 Å². The molecule has 0 N–H and O–H groups in total. The molecular weight excluding hydrogens is 171 g/mol. The van der Waals surface area contributed by atoms with Crippen molar-refractivity contribution in [3.63, 3.8) is 0 Å². The first-order chi connectivity index (χ1) is 3.62. The summed E-state index contributed by atoms with van der Waals surface area (Å²) in [6, 6.07) is 0. The van der Waals surface area contributed by atoms with Gasteiger partial charge in [0.25, 0.3) is 10.1 Å². The van der Waals surface area contributed by atoms with Crippen molar-refractivity contribution in [3.8, 4) is 0 Å². The van der Waals surface area contributed by atoms with Gasteiger partial charge in [0.15, 0.2) is 0 Å². The predicted molar refractivity (Wildman–Crippen MR) is 39.9 cm³/mol. The van der Waals surface area contributed by atoms with E-state index >= 15 is 0 Å². The van der Waals surface area contributed by atoms with E-state index in [0.29, 0.717) is 6.42 Å². The van der Waals surface area contributed by atoms with E-state index in [4.69, 9.17) is 0 Å². The SMILES string of the molecule is CCCS(=O)(=O)OS.[Na]. The molecular formula is C3H8NaO3S2. The molecule has 6 heteroatoms. The van der Waals surface area contributed by atoms with Crippen molar-refractivity contribution < 1.29 is 12.0 Å². The monoisotopic (exact) mass is 179 g/mol. The van der Waals surface area contributed by atoms with Gasteiger partial charge >= 0.3 is 0 Å². The van der Waals surface area contributed by atoms with Crippen LogP contribution in [0.5, 0.6) is 0 Å². The minimum absolute atomic E-state index is 0. The smallest absolute Gasteiger partial charge is 0.201 e. The molecule has 0 aliphatic carbocycles. The molecule has 0 fully saturated rings. The molecule has 0 aromatic carbocycles. The molecule has 0 heterocycles. The normalized spacial score (nSPS) is 10.4. The molecule has 9 heavy (non-hydrogen) atoms. The summed E-state index contributed by atoms with van der Waals surface area (Å²) in [4.78, 5) is 0. The molecule has 0 spiro atoms. The summed E-state index contributed by atoms with van der Waals surface area (Å²) in [5.41, 5.74) is 0. The molecule has 0 saturated carbocycles. The topological polar surface area (TPSA) is 43.4 Å². The van der Waals surface area contributed by atoms with Gasteiger partial charge in [0.1, 0.15) is 0 Å². The molecule has 0 amide bonds. The van der Waals surface area contributed by atoms with Crippen LogP contribution in [0.3, 0.4) is 0 Å². The van der Waals surface area contributed by atoms with Crippen molar-refractivity contribution in [1.82, 2.24) is 0 Å². The standard InChI is InChI=1S/C3H8O3S2.Na/c1-2-3-8(4,5)6-7;/h7H,2-3H2,1H3;. The first-order valence-electron chi connectivity index (χ1n) is 2.18. The van der Waals surface area contributed by atoms with Crippen molar-refractivity contribution in [2.24, 2.45) is 0 Å². The van der Waals surface area contributed by atoms with E-state index in [1.54, 1.807) is 6.92 Å². The summed E-state index contributed by atoms with van der Waals surface area (Å²) in [6.07, 6.45) is 0.558. The summed E-state index contributed by atoms with van der Waals surface area (Å²) in [5.74, 6) is 0.0382. The van der Waals surface area contributed by atoms with E-state index < -0.39 is 10.1 Å². The Morgan fingerprint density at radius 1 is 1.56 bits per heavy atom. The van der Waals surface area contributed by atoms with Crippen LogP contribution in [0.25, 0.3) is 0 Å². The van der Waals surface area contributed by atoms with Gasteiger partial charge in [-0.3, -0.25) is 0 Å². The molecule has 1 radical (unpaired) electrons. The van der Waals surface area contributed by atoms with Crippen LogP contribution >= 0.6 is 12.9 Å². The van der Waals surface area contributed by atoms with Gasteiger partial charge in [-0.1, -0.05) is 6.92 Å². The molecule has 0 aliphatic heterocycles. The maximum atomic E-state index is 10.3. The van der Waals surface area contributed by atoms with Crippen LogP contribution in [0.2, 0.25) is 0 Å². The molecule has 0 rings (SSSR count). The third-order valence-corrected chi connectivity index (χ3v) is 2.38. The summed E-state index contributed by atoms with van der Waals surface area (Å²) in [7, 11) is -3.31. The number of thiol groups is 1. The van der Waals surface area contributed by atoms with E-state index in [-0.39, 0.29) is 35.3 Å². The van der Waals surface area contributed by atoms with Gasteiger partial charge in [-0.05, 0) is 19.3 Å². The van der Waals surface area contributed by atoms with Gasteiger partial charge in [-0.15, -0.1) is 0 Å². The average Bonchev–Trinajstić information content (AvgIpc) is 1.67. The minimum atomic E-state index is -3.31. The maximum absolute atomic E-state index is 10.3. The average molecular weight is 179 g/mol. The summed E-state index contributed by atoms with van der Waals surface area (Å²) >= 11 is 3.15. The van der Waals surface area contributed by atoms with Gasteiger partial charge in [-0.25, -0.2) is 3.63 Å². The van der Waals surface area contributed by atoms with Crippen LogP contribution in [0.4, 0.5) is 0 Å². The van der Waals surface area contributed by atoms with E-state index in [0.717, 1.165) is 0 Å². The Morgan fingerprint density at radius 3 is 2.11 bits per heavy atom. The van der Waals surface area contributed by atoms with Crippen LogP contribution in [0.1, 0.15) is 13.3 Å². The molecule has 3 nitrogen and oxygen atoms in total. The molecule has 0 aromatic rings. The Kier molecular flexibility index (Phi) is 8.60. The zero-order valence-electron chi connectivity index (χ0n) is 5.49. The third kappa shape index (κ3) is 7.15. The Hall–Kier alpha value is 1.26. The van der Waals surface area contributed by atoms with E-state index in [1.165, 1.54) is 0 Å². The van der Waals surface area contributed by atoms with Gasteiger partial charge in [0.2, 0.25) is 0 Å². The molecule has 0 unspecified atom stereocenters. The first kappa shape index (κ1) is 12.9. The molecule has 0 saturated heterocycles. The van der Waals surface area contributed by atoms with Crippen LogP contribution in [-0.2, 0) is 13.7 Å². The molecule has 0 aliphatic rings. The van der Waals surface area contributed by atoms with Gasteiger partial charge < -0.3 is 0 Å². The molecule has 0 bridgehead atoms. The van der Waals surface area contributed by atoms with E-state index in [9.17, 15) is 8.42 Å². The van der Waals surface area contributed by atoms with Crippen molar-refractivity contribution in [2.75, 3.05) is 5.75 Å². The Morgan fingerprint density at radius 2 is 2.00 bits per heavy atom. The molecule has 51 valence electrons. The number of rotatable bonds is 3. The Balaban J connectivity index is 0. The van der Waals surface area contributed by atoms with Crippen LogP contribution in [-0.4, -0.2) is 43.7 Å². The van der Waals surface area contributed by atoms with Crippen molar-refractivity contribution in [1.29, 1.82) is 0 Å². The second-order valence-electron chi connectivity index (χ2n) is 1.34. The van der Waals surface area contributed by atoms with Crippen molar-refractivity contribution in [2.45, 2.75) is 13.3 Å². The predicted octanol–water partition coefficient (Wildman–Crippen LogP) is 0.207. The van der Waals surface area contributed by atoms with Gasteiger partial charge in [0.05, 0.1) is 5.75 Å². The minimum Gasteiger partial charge on any atom is -0.201 e. The van der Waals surface area contributed by atoms with Crippen LogP contribution in [0, 0.1) is 0 Å². The zero-order valence-corrected chi connectivity index (χ0v) is 9.21. The molecule has 0 aromatic heterocycles. The first-order valence-corrected chi connectivity index (χ1v) is 4.12. The molecule has 0 atom stereocenters. The fraction of sp³-hybridized carbons (Fsp3) is 1.00. The largest absolute Gasteiger partial charge is 0.277 e. The van der Waals surface area contributed by atoms with Crippen molar-refractivity contribution in [3.05, 3.63) is 0 Å². The maximum Gasteiger partial charge on any atom is 0.277 e. The second-order valence-corrected chi connectivity index (χ2v) is 3.46. The van der Waals surface area contributed by atoms with E-state index in [1.807, 2.05) is 0 Å². The quantitative estimate of drug-likeness (QED) is 0.382. The zero-order chi connectivity index (χ0) is 6.62. The Labute approximate surface area is 83.2 Å². The van der Waals surface area contributed by atoms with Gasteiger partial charge in [-0.2, -0.15) is 8.42 Å². The fourth-order valence-corrected chi connectivity index (χ4v) is 1.09. The Bertz CT molecular complexity index is 141. The second kappa shape index (κ2) is 6.00. The van der Waals surface area contributed by atoms with Gasteiger partial charge in [0, 0.05) is 29.6 Å². The van der Waals surface area contributed by atoms with Crippen LogP contribution < -0.4 is 0 Å². The summed E-state index contributed by atoms with van der Waals surface area (Å²) < 4.78 is 24.4. The summed E-state index contributed by atoms with van der Waals surface area (Å²) in [6.45, 7) is 1.75. The summed E-state index contributed by atoms with van der Waals surface area (Å²) in [5, 5.41) is 0. The van der Waals surface area contributed by atoms with E-state index in [2.05, 4.69) is 16.5 Å². The number of hydrogen-bond acceptors (Lipinski definition) is 4. The number of hydrogen-bond donors (Lipinski definition) is 1. The fourth-order valence-electron chi connectivity index (χ4n) is 0.287. The third-order valence-electron chi connectivity index (χ3n) is 0.568. The van der Waals surface area contributed by atoms with Crippen LogP contribution in [0.15, 0.2) is 0 Å².